The van der Waals surface area contributed by atoms with Gasteiger partial charge in [-0.15, -0.1) is 0 Å². The number of carbonyl (C=O) groups is 2. The molecule has 1 heterocycles. The number of sulfonamides is 1. The van der Waals surface area contributed by atoms with Crippen molar-refractivity contribution in [3.8, 4) is 0 Å². The van der Waals surface area contributed by atoms with E-state index in [1.54, 1.807) is 65.4 Å². The fraction of sp³-hybridized carbons (Fsp3) is 0.364. The fourth-order valence-electron chi connectivity index (χ4n) is 3.71. The molecule has 0 bridgehead atoms. The molecular formula is C22H25N3O4S. The van der Waals surface area contributed by atoms with E-state index in [0.717, 1.165) is 12.8 Å². The van der Waals surface area contributed by atoms with Crippen LogP contribution in [0.2, 0.25) is 0 Å². The number of hydrogen-bond donors (Lipinski definition) is 0. The van der Waals surface area contributed by atoms with E-state index in [1.807, 2.05) is 6.07 Å². The maximum absolute atomic E-state index is 13.2. The minimum Gasteiger partial charge on any atom is -0.336 e. The molecule has 2 aliphatic rings. The second-order valence-corrected chi connectivity index (χ2v) is 9.64. The first-order chi connectivity index (χ1) is 14.4. The molecule has 1 saturated carbocycles. The van der Waals surface area contributed by atoms with Crippen molar-refractivity contribution in [1.29, 1.82) is 0 Å². The maximum Gasteiger partial charge on any atom is 0.256 e. The van der Waals surface area contributed by atoms with Gasteiger partial charge in [-0.05, 0) is 37.1 Å². The van der Waals surface area contributed by atoms with E-state index in [2.05, 4.69) is 0 Å². The highest BCUT2D eigenvalue weighted by Gasteiger charge is 2.35. The summed E-state index contributed by atoms with van der Waals surface area (Å²) in [5, 5.41) is 0. The molecule has 8 heteroatoms. The maximum atomic E-state index is 13.2. The van der Waals surface area contributed by atoms with Crippen LogP contribution in [0.1, 0.15) is 23.2 Å². The van der Waals surface area contributed by atoms with E-state index in [4.69, 9.17) is 0 Å². The molecular weight excluding hydrogens is 402 g/mol. The molecule has 2 aromatic rings. The molecule has 2 amide bonds. The van der Waals surface area contributed by atoms with E-state index in [0.29, 0.717) is 24.3 Å². The van der Waals surface area contributed by atoms with Crippen LogP contribution in [-0.4, -0.2) is 62.7 Å². The largest absolute Gasteiger partial charge is 0.336 e. The highest BCUT2D eigenvalue weighted by atomic mass is 32.2. The zero-order valence-corrected chi connectivity index (χ0v) is 17.7. The monoisotopic (exact) mass is 427 g/mol. The average molecular weight is 428 g/mol. The molecule has 7 nitrogen and oxygen atoms in total. The predicted octanol–water partition coefficient (Wildman–Crippen LogP) is 2.21. The van der Waals surface area contributed by atoms with Crippen LogP contribution in [0.4, 0.5) is 5.69 Å². The van der Waals surface area contributed by atoms with Gasteiger partial charge in [-0.25, -0.2) is 8.42 Å². The minimum absolute atomic E-state index is 0.0361. The van der Waals surface area contributed by atoms with E-state index in [-0.39, 0.29) is 35.7 Å². The molecule has 1 aliphatic heterocycles. The van der Waals surface area contributed by atoms with E-state index in [1.165, 1.54) is 4.31 Å². The van der Waals surface area contributed by atoms with Gasteiger partial charge in [0.25, 0.3) is 5.91 Å². The number of piperazine rings is 1. The number of para-hydroxylation sites is 1. The lowest BCUT2D eigenvalue weighted by molar-refractivity contribution is -0.119. The Bertz CT molecular complexity index is 1040. The van der Waals surface area contributed by atoms with E-state index < -0.39 is 10.0 Å². The van der Waals surface area contributed by atoms with Crippen LogP contribution in [0.5, 0.6) is 0 Å². The van der Waals surface area contributed by atoms with Crippen LogP contribution in [0, 0.1) is 5.92 Å². The molecule has 0 aromatic heterocycles. The molecule has 0 unspecified atom stereocenters. The van der Waals surface area contributed by atoms with E-state index >= 15 is 0 Å². The lowest BCUT2D eigenvalue weighted by atomic mass is 10.1. The SMILES string of the molecule is CN(C(=O)C1CC1)c1ccccc1C(=O)N1CCN(S(=O)(=O)c2ccccc2)CC1. The van der Waals surface area contributed by atoms with Gasteiger partial charge in [-0.1, -0.05) is 30.3 Å². The van der Waals surface area contributed by atoms with Gasteiger partial charge in [0.2, 0.25) is 15.9 Å². The summed E-state index contributed by atoms with van der Waals surface area (Å²) in [6.45, 7) is 1.09. The number of amides is 2. The predicted molar refractivity (Wildman–Crippen MR) is 114 cm³/mol. The Balaban J connectivity index is 1.47. The Kier molecular flexibility index (Phi) is 5.62. The van der Waals surface area contributed by atoms with Gasteiger partial charge in [0, 0.05) is 39.1 Å². The number of anilines is 1. The summed E-state index contributed by atoms with van der Waals surface area (Å²) in [5.74, 6) is -0.0864. The van der Waals surface area contributed by atoms with Crippen LogP contribution in [0.3, 0.4) is 0 Å². The third-order valence-electron chi connectivity index (χ3n) is 5.66. The second-order valence-electron chi connectivity index (χ2n) is 7.70. The summed E-state index contributed by atoms with van der Waals surface area (Å²) in [6, 6.07) is 15.4. The fourth-order valence-corrected chi connectivity index (χ4v) is 5.16. The first-order valence-corrected chi connectivity index (χ1v) is 11.5. The van der Waals surface area contributed by atoms with Gasteiger partial charge in [-0.2, -0.15) is 4.31 Å². The van der Waals surface area contributed by atoms with Crippen molar-refractivity contribution in [1.82, 2.24) is 9.21 Å². The van der Waals surface area contributed by atoms with Crippen LogP contribution in [-0.2, 0) is 14.8 Å². The number of benzene rings is 2. The highest BCUT2D eigenvalue weighted by Crippen LogP contribution is 2.33. The summed E-state index contributed by atoms with van der Waals surface area (Å²) >= 11 is 0. The molecule has 0 atom stereocenters. The zero-order valence-electron chi connectivity index (χ0n) is 16.9. The van der Waals surface area contributed by atoms with Gasteiger partial charge >= 0.3 is 0 Å². The van der Waals surface area contributed by atoms with Crippen molar-refractivity contribution in [2.45, 2.75) is 17.7 Å². The van der Waals surface area contributed by atoms with Gasteiger partial charge in [0.15, 0.2) is 0 Å². The number of rotatable bonds is 5. The van der Waals surface area contributed by atoms with Gasteiger partial charge < -0.3 is 9.80 Å². The number of hydrogen-bond acceptors (Lipinski definition) is 4. The summed E-state index contributed by atoms with van der Waals surface area (Å²) in [4.78, 5) is 29.1. The van der Waals surface area contributed by atoms with Gasteiger partial charge in [-0.3, -0.25) is 9.59 Å². The molecule has 0 radical (unpaired) electrons. The molecule has 1 saturated heterocycles. The molecule has 4 rings (SSSR count). The van der Waals surface area contributed by atoms with Crippen LogP contribution in [0.25, 0.3) is 0 Å². The molecule has 2 fully saturated rings. The Hall–Kier alpha value is -2.71. The molecule has 30 heavy (non-hydrogen) atoms. The normalized spacial score (nSPS) is 17.6. The minimum atomic E-state index is -3.57. The summed E-state index contributed by atoms with van der Waals surface area (Å²) in [7, 11) is -1.86. The molecule has 0 spiro atoms. The quantitative estimate of drug-likeness (QED) is 0.733. The Morgan fingerprint density at radius 3 is 2.13 bits per heavy atom. The summed E-state index contributed by atoms with van der Waals surface area (Å²) in [6.07, 6.45) is 1.80. The molecule has 0 N–H and O–H groups in total. The van der Waals surface area contributed by atoms with Crippen molar-refractivity contribution in [2.24, 2.45) is 5.92 Å². The average Bonchev–Trinajstić information content (AvgIpc) is 3.64. The van der Waals surface area contributed by atoms with Crippen molar-refractivity contribution in [3.05, 3.63) is 60.2 Å². The topological polar surface area (TPSA) is 78.0 Å². The number of nitrogens with zero attached hydrogens (tertiary/aromatic N) is 3. The first kappa shape index (κ1) is 20.6. The smallest absolute Gasteiger partial charge is 0.256 e. The Labute approximate surface area is 176 Å². The lowest BCUT2D eigenvalue weighted by Crippen LogP contribution is -2.50. The van der Waals surface area contributed by atoms with Crippen LogP contribution in [0.15, 0.2) is 59.5 Å². The van der Waals surface area contributed by atoms with Crippen molar-refractivity contribution >= 4 is 27.5 Å². The third-order valence-corrected chi connectivity index (χ3v) is 7.57. The third kappa shape index (κ3) is 3.97. The van der Waals surface area contributed by atoms with Crippen LogP contribution >= 0.6 is 0 Å². The van der Waals surface area contributed by atoms with Gasteiger partial charge in [0.05, 0.1) is 16.1 Å². The summed E-state index contributed by atoms with van der Waals surface area (Å²) in [5.41, 5.74) is 1.06. The lowest BCUT2D eigenvalue weighted by Gasteiger charge is -2.34. The molecule has 158 valence electrons. The zero-order chi connectivity index (χ0) is 21.3. The van der Waals surface area contributed by atoms with Crippen molar-refractivity contribution in [3.63, 3.8) is 0 Å². The summed E-state index contributed by atoms with van der Waals surface area (Å²) < 4.78 is 27.0. The first-order valence-electron chi connectivity index (χ1n) is 10.1. The Morgan fingerprint density at radius 2 is 1.50 bits per heavy atom. The Morgan fingerprint density at radius 1 is 0.900 bits per heavy atom. The molecule has 1 aliphatic carbocycles. The van der Waals surface area contributed by atoms with Crippen molar-refractivity contribution in [2.75, 3.05) is 38.1 Å². The second kappa shape index (κ2) is 8.20. The van der Waals surface area contributed by atoms with Crippen molar-refractivity contribution < 1.29 is 18.0 Å². The van der Waals surface area contributed by atoms with E-state index in [9.17, 15) is 18.0 Å². The molecule has 2 aromatic carbocycles. The highest BCUT2D eigenvalue weighted by molar-refractivity contribution is 7.89. The number of carbonyl (C=O) groups excluding carboxylic acids is 2. The standard InChI is InChI=1S/C22H25N3O4S/c1-23(21(26)17-11-12-17)20-10-6-5-9-19(20)22(27)24-13-15-25(16-14-24)30(28,29)18-7-3-2-4-8-18/h2-10,17H,11-16H2,1H3. The van der Waals surface area contributed by atoms with Gasteiger partial charge in [0.1, 0.15) is 0 Å². The van der Waals surface area contributed by atoms with Crippen LogP contribution < -0.4 is 4.90 Å².